The minimum absolute atomic E-state index is 0.00997. The first-order valence-corrected chi connectivity index (χ1v) is 8.74. The van der Waals surface area contributed by atoms with E-state index in [4.69, 9.17) is 0 Å². The number of carbonyl (C=O) groups excluding carboxylic acids is 3. The molecule has 26 heavy (non-hydrogen) atoms. The molecule has 1 heterocycles. The Morgan fingerprint density at radius 1 is 1.27 bits per heavy atom. The number of fused-ring (bicyclic) bond motifs is 1. The highest BCUT2D eigenvalue weighted by molar-refractivity contribution is 6.24. The maximum atomic E-state index is 12.5. The van der Waals surface area contributed by atoms with Gasteiger partial charge in [0.05, 0.1) is 10.5 Å². The number of nitrogens with one attached hydrogen (secondary N) is 1. The summed E-state index contributed by atoms with van der Waals surface area (Å²) in [5.41, 5.74) is -0.690. The van der Waals surface area contributed by atoms with E-state index in [1.54, 1.807) is 0 Å². The van der Waals surface area contributed by atoms with Gasteiger partial charge in [-0.3, -0.25) is 29.4 Å². The highest BCUT2D eigenvalue weighted by atomic mass is 16.6. The molecule has 3 atom stereocenters. The zero-order valence-electron chi connectivity index (χ0n) is 14.7. The quantitative estimate of drug-likeness (QED) is 0.503. The highest BCUT2D eigenvalue weighted by Gasteiger charge is 2.42. The van der Waals surface area contributed by atoms with Crippen molar-refractivity contribution in [1.29, 1.82) is 0 Å². The van der Waals surface area contributed by atoms with Crippen molar-refractivity contribution in [2.45, 2.75) is 39.2 Å². The maximum Gasteiger partial charge on any atom is 0.282 e. The second-order valence-electron chi connectivity index (χ2n) is 7.09. The molecular formula is C18H21N3O5. The van der Waals surface area contributed by atoms with Gasteiger partial charge in [0.15, 0.2) is 0 Å². The number of nitrogens with zero attached hydrogens (tertiary/aromatic N) is 2. The van der Waals surface area contributed by atoms with Gasteiger partial charge in [0.1, 0.15) is 12.1 Å². The van der Waals surface area contributed by atoms with Crippen LogP contribution in [0.25, 0.3) is 0 Å². The molecule has 8 heteroatoms. The van der Waals surface area contributed by atoms with Crippen LogP contribution in [0.5, 0.6) is 0 Å². The van der Waals surface area contributed by atoms with Crippen LogP contribution in [0.15, 0.2) is 18.2 Å². The van der Waals surface area contributed by atoms with Crippen LogP contribution in [-0.2, 0) is 4.79 Å². The van der Waals surface area contributed by atoms with E-state index in [1.807, 2.05) is 0 Å². The summed E-state index contributed by atoms with van der Waals surface area (Å²) in [6.07, 6.45) is 3.01. The van der Waals surface area contributed by atoms with Crippen molar-refractivity contribution in [3.8, 4) is 0 Å². The number of imide groups is 1. The van der Waals surface area contributed by atoms with E-state index in [9.17, 15) is 24.5 Å². The third-order valence-electron chi connectivity index (χ3n) is 5.53. The molecule has 1 N–H and O–H groups in total. The Bertz CT molecular complexity index is 791. The number of nitro groups is 1. The van der Waals surface area contributed by atoms with E-state index >= 15 is 0 Å². The predicted octanol–water partition coefficient (Wildman–Crippen LogP) is 2.13. The van der Waals surface area contributed by atoms with Gasteiger partial charge in [0.25, 0.3) is 17.5 Å². The van der Waals surface area contributed by atoms with Gasteiger partial charge >= 0.3 is 0 Å². The molecule has 0 radical (unpaired) electrons. The number of amides is 3. The topological polar surface area (TPSA) is 110 Å². The molecule has 0 spiro atoms. The Morgan fingerprint density at radius 3 is 2.69 bits per heavy atom. The molecule has 0 aromatic heterocycles. The molecule has 1 aliphatic carbocycles. The summed E-state index contributed by atoms with van der Waals surface area (Å²) >= 11 is 0. The summed E-state index contributed by atoms with van der Waals surface area (Å²) in [7, 11) is 0. The van der Waals surface area contributed by atoms with Crippen molar-refractivity contribution in [3.05, 3.63) is 39.4 Å². The van der Waals surface area contributed by atoms with Crippen molar-refractivity contribution in [1.82, 2.24) is 10.2 Å². The summed E-state index contributed by atoms with van der Waals surface area (Å²) in [6, 6.07) is 3.91. The predicted molar refractivity (Wildman–Crippen MR) is 92.6 cm³/mol. The fraction of sp³-hybridized carbons (Fsp3) is 0.500. The van der Waals surface area contributed by atoms with E-state index < -0.39 is 34.9 Å². The summed E-state index contributed by atoms with van der Waals surface area (Å²) in [5.74, 6) is -1.08. The molecule has 0 unspecified atom stereocenters. The first-order valence-electron chi connectivity index (χ1n) is 8.74. The number of rotatable bonds is 4. The highest BCUT2D eigenvalue weighted by Crippen LogP contribution is 2.31. The van der Waals surface area contributed by atoms with Gasteiger partial charge in [0, 0.05) is 12.1 Å². The largest absolute Gasteiger partial charge is 0.352 e. The van der Waals surface area contributed by atoms with E-state index in [1.165, 1.54) is 18.2 Å². The number of benzene rings is 1. The summed E-state index contributed by atoms with van der Waals surface area (Å²) < 4.78 is 0. The van der Waals surface area contributed by atoms with Crippen LogP contribution in [0.4, 0.5) is 5.69 Å². The number of hydrogen-bond acceptors (Lipinski definition) is 5. The third kappa shape index (κ3) is 3.07. The van der Waals surface area contributed by atoms with Gasteiger partial charge in [-0.1, -0.05) is 32.8 Å². The molecule has 1 aliphatic heterocycles. The lowest BCUT2D eigenvalue weighted by Gasteiger charge is -2.34. The van der Waals surface area contributed by atoms with Crippen LogP contribution >= 0.6 is 0 Å². The van der Waals surface area contributed by atoms with Gasteiger partial charge in [0.2, 0.25) is 5.91 Å². The monoisotopic (exact) mass is 359 g/mol. The Labute approximate surface area is 150 Å². The molecule has 1 saturated carbocycles. The van der Waals surface area contributed by atoms with Gasteiger partial charge in [-0.2, -0.15) is 0 Å². The van der Waals surface area contributed by atoms with E-state index in [0.29, 0.717) is 11.8 Å². The molecule has 3 rings (SSSR count). The number of nitro benzene ring substituents is 1. The molecule has 1 fully saturated rings. The average Bonchev–Trinajstić information content (AvgIpc) is 2.84. The SMILES string of the molecule is C[C@@H]1[C@@H](C)CCC[C@H]1NC(=O)CN1C(=O)c2cccc([N+](=O)[O-])c2C1=O. The van der Waals surface area contributed by atoms with Crippen LogP contribution in [0.2, 0.25) is 0 Å². The fourth-order valence-electron chi connectivity index (χ4n) is 3.79. The second kappa shape index (κ2) is 6.86. The van der Waals surface area contributed by atoms with Crippen molar-refractivity contribution in [3.63, 3.8) is 0 Å². The minimum atomic E-state index is -0.794. The van der Waals surface area contributed by atoms with E-state index in [0.717, 1.165) is 24.2 Å². The standard InChI is InChI=1S/C18H21N3O5/c1-10-5-3-7-13(11(10)2)19-15(22)9-20-17(23)12-6-4-8-14(21(25)26)16(12)18(20)24/h4,6,8,10-11,13H,3,5,7,9H2,1-2H3,(H,19,22)/t10-,11+,13+/m0/s1. The summed E-state index contributed by atoms with van der Waals surface area (Å²) in [6.45, 7) is 3.80. The van der Waals surface area contributed by atoms with Crippen LogP contribution in [0, 0.1) is 22.0 Å². The van der Waals surface area contributed by atoms with Gasteiger partial charge in [-0.25, -0.2) is 0 Å². The van der Waals surface area contributed by atoms with Crippen molar-refractivity contribution in [2.24, 2.45) is 11.8 Å². The molecule has 1 aromatic rings. The average molecular weight is 359 g/mol. The van der Waals surface area contributed by atoms with Gasteiger partial charge in [-0.15, -0.1) is 0 Å². The van der Waals surface area contributed by atoms with Crippen LogP contribution < -0.4 is 5.32 Å². The first kappa shape index (κ1) is 18.0. The molecule has 1 aromatic carbocycles. The Hall–Kier alpha value is -2.77. The molecule has 2 aliphatic rings. The molecule has 8 nitrogen and oxygen atoms in total. The van der Waals surface area contributed by atoms with Crippen LogP contribution in [0.3, 0.4) is 0 Å². The van der Waals surface area contributed by atoms with Crippen molar-refractivity contribution < 1.29 is 19.3 Å². The lowest BCUT2D eigenvalue weighted by atomic mass is 9.78. The number of hydrogen-bond donors (Lipinski definition) is 1. The zero-order chi connectivity index (χ0) is 19.0. The van der Waals surface area contributed by atoms with Crippen molar-refractivity contribution >= 4 is 23.4 Å². The lowest BCUT2D eigenvalue weighted by molar-refractivity contribution is -0.385. The molecule has 0 saturated heterocycles. The van der Waals surface area contributed by atoms with E-state index in [2.05, 4.69) is 19.2 Å². The second-order valence-corrected chi connectivity index (χ2v) is 7.09. The van der Waals surface area contributed by atoms with Crippen LogP contribution in [-0.4, -0.2) is 40.1 Å². The minimum Gasteiger partial charge on any atom is -0.352 e. The Morgan fingerprint density at radius 2 is 2.00 bits per heavy atom. The fourth-order valence-corrected chi connectivity index (χ4v) is 3.79. The lowest BCUT2D eigenvalue weighted by Crippen LogP contribution is -2.48. The van der Waals surface area contributed by atoms with Gasteiger partial charge in [-0.05, 0) is 24.3 Å². The normalized spacial score (nSPS) is 25.2. The smallest absolute Gasteiger partial charge is 0.282 e. The maximum absolute atomic E-state index is 12.5. The Balaban J connectivity index is 1.74. The molecule has 138 valence electrons. The Kier molecular flexibility index (Phi) is 4.76. The molecule has 3 amide bonds. The number of carbonyl (C=O) groups is 3. The summed E-state index contributed by atoms with van der Waals surface area (Å²) in [4.78, 5) is 48.5. The van der Waals surface area contributed by atoms with Crippen LogP contribution in [0.1, 0.15) is 53.8 Å². The van der Waals surface area contributed by atoms with Gasteiger partial charge < -0.3 is 5.32 Å². The van der Waals surface area contributed by atoms with Crippen molar-refractivity contribution in [2.75, 3.05) is 6.54 Å². The molecular weight excluding hydrogens is 338 g/mol. The third-order valence-corrected chi connectivity index (χ3v) is 5.53. The summed E-state index contributed by atoms with van der Waals surface area (Å²) in [5, 5.41) is 14.0. The zero-order valence-corrected chi connectivity index (χ0v) is 14.7. The van der Waals surface area contributed by atoms with E-state index in [-0.39, 0.29) is 17.2 Å². The molecule has 0 bridgehead atoms. The first-order chi connectivity index (χ1) is 12.3.